The summed E-state index contributed by atoms with van der Waals surface area (Å²) in [4.78, 5) is 19.0. The number of thiophene rings is 1. The lowest BCUT2D eigenvalue weighted by atomic mass is 10.4. The average molecular weight is 365 g/mol. The zero-order valence-corrected chi connectivity index (χ0v) is 11.9. The van der Waals surface area contributed by atoms with Crippen LogP contribution < -0.4 is 10.9 Å². The number of H-pyrrole nitrogens is 1. The fourth-order valence-electron chi connectivity index (χ4n) is 1.12. The molecule has 2 N–H and O–H groups in total. The maximum absolute atomic E-state index is 11.3. The van der Waals surface area contributed by atoms with E-state index in [1.165, 1.54) is 11.2 Å². The quantitative estimate of drug-likeness (QED) is 0.880. The van der Waals surface area contributed by atoms with Crippen LogP contribution in [0, 0.1) is 0 Å². The molecule has 0 aliphatic carbocycles. The molecule has 0 aliphatic rings. The summed E-state index contributed by atoms with van der Waals surface area (Å²) >= 11 is 8.21. The lowest BCUT2D eigenvalue weighted by Crippen LogP contribution is -2.11. The maximum Gasteiger partial charge on any atom is 0.267 e. The van der Waals surface area contributed by atoms with E-state index >= 15 is 0 Å². The second kappa shape index (κ2) is 5.11. The average Bonchev–Trinajstić information content (AvgIpc) is 2.67. The van der Waals surface area contributed by atoms with Crippen molar-refractivity contribution in [3.63, 3.8) is 0 Å². The number of anilines is 1. The van der Waals surface area contributed by atoms with Crippen molar-refractivity contribution in [2.45, 2.75) is 6.54 Å². The largest absolute Gasteiger partial charge is 0.364 e. The number of nitrogens with one attached hydrogen (secondary N) is 2. The van der Waals surface area contributed by atoms with E-state index in [4.69, 9.17) is 0 Å². The standard InChI is InChI=1S/C9H7Br2N3OS/c10-5-1-6(16-3-5)2-12-8-7(11)9(15)14-4-13-8/h1,3-4H,2H2,(H2,12,13,14,15). The minimum Gasteiger partial charge on any atom is -0.364 e. The number of aromatic amines is 1. The second-order valence-electron chi connectivity index (χ2n) is 2.98. The monoisotopic (exact) mass is 363 g/mol. The van der Waals surface area contributed by atoms with Gasteiger partial charge in [0.2, 0.25) is 0 Å². The fourth-order valence-corrected chi connectivity index (χ4v) is 2.87. The van der Waals surface area contributed by atoms with Crippen molar-refractivity contribution in [3.8, 4) is 0 Å². The minimum absolute atomic E-state index is 0.190. The van der Waals surface area contributed by atoms with Gasteiger partial charge in [0.25, 0.3) is 5.56 Å². The molecule has 0 spiro atoms. The van der Waals surface area contributed by atoms with Crippen LogP contribution in [0.25, 0.3) is 0 Å². The minimum atomic E-state index is -0.190. The number of rotatable bonds is 3. The van der Waals surface area contributed by atoms with Crippen molar-refractivity contribution in [1.29, 1.82) is 0 Å². The molecule has 84 valence electrons. The van der Waals surface area contributed by atoms with Gasteiger partial charge in [-0.1, -0.05) is 0 Å². The smallest absolute Gasteiger partial charge is 0.267 e. The molecule has 0 aromatic carbocycles. The first-order valence-electron chi connectivity index (χ1n) is 4.37. The van der Waals surface area contributed by atoms with Gasteiger partial charge in [-0.25, -0.2) is 4.98 Å². The van der Waals surface area contributed by atoms with Crippen LogP contribution >= 0.6 is 43.2 Å². The van der Waals surface area contributed by atoms with Gasteiger partial charge in [-0.05, 0) is 37.9 Å². The summed E-state index contributed by atoms with van der Waals surface area (Å²) in [6.07, 6.45) is 1.37. The van der Waals surface area contributed by atoms with Crippen molar-refractivity contribution >= 4 is 49.0 Å². The summed E-state index contributed by atoms with van der Waals surface area (Å²) in [5, 5.41) is 5.11. The van der Waals surface area contributed by atoms with E-state index in [1.807, 2.05) is 11.4 Å². The lowest BCUT2D eigenvalue weighted by molar-refractivity contribution is 1.06. The normalized spacial score (nSPS) is 10.4. The first-order chi connectivity index (χ1) is 7.66. The van der Waals surface area contributed by atoms with Crippen molar-refractivity contribution in [2.75, 3.05) is 5.32 Å². The first-order valence-corrected chi connectivity index (χ1v) is 6.83. The summed E-state index contributed by atoms with van der Waals surface area (Å²) in [7, 11) is 0. The summed E-state index contributed by atoms with van der Waals surface area (Å²) < 4.78 is 1.48. The Morgan fingerprint density at radius 3 is 3.00 bits per heavy atom. The Kier molecular flexibility index (Phi) is 3.78. The number of halogens is 2. The summed E-state index contributed by atoms with van der Waals surface area (Å²) in [5.74, 6) is 0.549. The third kappa shape index (κ3) is 2.72. The highest BCUT2D eigenvalue weighted by molar-refractivity contribution is 9.10. The van der Waals surface area contributed by atoms with Crippen molar-refractivity contribution < 1.29 is 0 Å². The molecule has 0 saturated carbocycles. The van der Waals surface area contributed by atoms with Crippen molar-refractivity contribution in [2.24, 2.45) is 0 Å². The molecule has 0 radical (unpaired) electrons. The Bertz CT molecular complexity index is 552. The maximum atomic E-state index is 11.3. The molecule has 0 amide bonds. The first kappa shape index (κ1) is 11.8. The number of aromatic nitrogens is 2. The third-order valence-corrected chi connectivity index (χ3v) is 4.28. The van der Waals surface area contributed by atoms with E-state index in [0.29, 0.717) is 16.8 Å². The molecule has 2 rings (SSSR count). The predicted molar refractivity (Wildman–Crippen MR) is 71.9 cm³/mol. The Morgan fingerprint density at radius 2 is 2.31 bits per heavy atom. The molecular formula is C9H7Br2N3OS. The van der Waals surface area contributed by atoms with Gasteiger partial charge in [0, 0.05) is 14.7 Å². The van der Waals surface area contributed by atoms with Gasteiger partial charge in [0.15, 0.2) is 0 Å². The van der Waals surface area contributed by atoms with Gasteiger partial charge in [-0.2, -0.15) is 0 Å². The van der Waals surface area contributed by atoms with Crippen LogP contribution in [0.1, 0.15) is 4.88 Å². The highest BCUT2D eigenvalue weighted by Crippen LogP contribution is 2.21. The molecule has 2 heterocycles. The Hall–Kier alpha value is -0.660. The van der Waals surface area contributed by atoms with E-state index < -0.39 is 0 Å². The predicted octanol–water partition coefficient (Wildman–Crippen LogP) is 2.97. The van der Waals surface area contributed by atoms with Crippen LogP contribution in [0.4, 0.5) is 5.82 Å². The van der Waals surface area contributed by atoms with Crippen LogP contribution in [0.5, 0.6) is 0 Å². The molecule has 4 nitrogen and oxygen atoms in total. The third-order valence-electron chi connectivity index (χ3n) is 1.85. The molecule has 0 aliphatic heterocycles. The highest BCUT2D eigenvalue weighted by atomic mass is 79.9. The molecule has 0 saturated heterocycles. The summed E-state index contributed by atoms with van der Waals surface area (Å²) in [6, 6.07) is 2.03. The molecule has 0 atom stereocenters. The van der Waals surface area contributed by atoms with Gasteiger partial charge in [-0.3, -0.25) is 4.79 Å². The zero-order chi connectivity index (χ0) is 11.5. The molecule has 2 aromatic rings. The lowest BCUT2D eigenvalue weighted by Gasteiger charge is -2.04. The van der Waals surface area contributed by atoms with Gasteiger partial charge in [0.1, 0.15) is 10.3 Å². The highest BCUT2D eigenvalue weighted by Gasteiger charge is 2.05. The van der Waals surface area contributed by atoms with E-state index in [0.717, 1.165) is 4.47 Å². The van der Waals surface area contributed by atoms with Crippen molar-refractivity contribution in [3.05, 3.63) is 42.0 Å². The van der Waals surface area contributed by atoms with Gasteiger partial charge < -0.3 is 10.3 Å². The Labute approximate surface area is 112 Å². The molecule has 16 heavy (non-hydrogen) atoms. The van der Waals surface area contributed by atoms with Crippen molar-refractivity contribution in [1.82, 2.24) is 9.97 Å². The molecule has 0 bridgehead atoms. The number of hydrogen-bond donors (Lipinski definition) is 2. The van der Waals surface area contributed by atoms with E-state index in [1.54, 1.807) is 11.3 Å². The van der Waals surface area contributed by atoms with E-state index in [9.17, 15) is 4.79 Å². The number of hydrogen-bond acceptors (Lipinski definition) is 4. The number of nitrogens with zero attached hydrogens (tertiary/aromatic N) is 1. The van der Waals surface area contributed by atoms with Crippen LogP contribution in [-0.4, -0.2) is 9.97 Å². The second-order valence-corrected chi connectivity index (χ2v) is 5.68. The summed E-state index contributed by atoms with van der Waals surface area (Å²) in [6.45, 7) is 0.644. The van der Waals surface area contributed by atoms with Crippen LogP contribution in [0.15, 0.2) is 31.5 Å². The van der Waals surface area contributed by atoms with E-state index in [2.05, 4.69) is 47.1 Å². The molecule has 2 aromatic heterocycles. The van der Waals surface area contributed by atoms with Gasteiger partial charge >= 0.3 is 0 Å². The molecular weight excluding hydrogens is 358 g/mol. The SMILES string of the molecule is O=c1[nH]cnc(NCc2cc(Br)cs2)c1Br. The summed E-state index contributed by atoms with van der Waals surface area (Å²) in [5.41, 5.74) is -0.190. The van der Waals surface area contributed by atoms with Crippen LogP contribution in [0.3, 0.4) is 0 Å². The fraction of sp³-hybridized carbons (Fsp3) is 0.111. The zero-order valence-electron chi connectivity index (χ0n) is 7.96. The van der Waals surface area contributed by atoms with Crippen LogP contribution in [0.2, 0.25) is 0 Å². The Balaban J connectivity index is 2.10. The Morgan fingerprint density at radius 1 is 1.50 bits per heavy atom. The molecule has 0 unspecified atom stereocenters. The topological polar surface area (TPSA) is 57.8 Å². The van der Waals surface area contributed by atoms with Gasteiger partial charge in [0.05, 0.1) is 12.9 Å². The molecule has 0 fully saturated rings. The van der Waals surface area contributed by atoms with E-state index in [-0.39, 0.29) is 5.56 Å². The van der Waals surface area contributed by atoms with Gasteiger partial charge in [-0.15, -0.1) is 11.3 Å². The van der Waals surface area contributed by atoms with Crippen LogP contribution in [-0.2, 0) is 6.54 Å². The molecule has 7 heteroatoms.